The second-order valence-electron chi connectivity index (χ2n) is 4.24. The van der Waals surface area contributed by atoms with Gasteiger partial charge in [-0.25, -0.2) is 4.98 Å². The molecule has 5 heteroatoms. The maximum atomic E-state index is 11.9. The van der Waals surface area contributed by atoms with E-state index in [-0.39, 0.29) is 5.91 Å². The van der Waals surface area contributed by atoms with Gasteiger partial charge < -0.3 is 15.4 Å². The van der Waals surface area contributed by atoms with E-state index >= 15 is 0 Å². The molecule has 0 fully saturated rings. The third-order valence-electron chi connectivity index (χ3n) is 3.05. The van der Waals surface area contributed by atoms with Crippen LogP contribution in [-0.2, 0) is 4.79 Å². The normalized spacial score (nSPS) is 16.7. The average Bonchev–Trinajstić information content (AvgIpc) is 2.76. The Hall–Kier alpha value is -2.56. The first-order chi connectivity index (χ1) is 9.28. The topological polar surface area (TPSA) is 63.2 Å². The van der Waals surface area contributed by atoms with Crippen molar-refractivity contribution in [1.29, 1.82) is 0 Å². The molecule has 0 bridgehead atoms. The standard InChI is InChI=1S/C14H13N3O2/c1-19-10-6-4-9(5-7-10)16-12-11-3-2-8-15-13(11)17-14(12)18/h2-8,12,16H,1H3,(H,15,17,18)/t12-/m1/s1. The molecule has 96 valence electrons. The Balaban J connectivity index is 1.84. The Morgan fingerprint density at radius 3 is 2.79 bits per heavy atom. The summed E-state index contributed by atoms with van der Waals surface area (Å²) in [4.78, 5) is 16.1. The highest BCUT2D eigenvalue weighted by atomic mass is 16.5. The van der Waals surface area contributed by atoms with Crippen LogP contribution in [0.4, 0.5) is 11.5 Å². The number of hydrogen-bond acceptors (Lipinski definition) is 4. The van der Waals surface area contributed by atoms with Gasteiger partial charge in [-0.1, -0.05) is 6.07 Å². The van der Waals surface area contributed by atoms with E-state index in [4.69, 9.17) is 4.74 Å². The van der Waals surface area contributed by atoms with Gasteiger partial charge in [-0.3, -0.25) is 4.79 Å². The van der Waals surface area contributed by atoms with Gasteiger partial charge in [0.05, 0.1) is 7.11 Å². The number of anilines is 2. The summed E-state index contributed by atoms with van der Waals surface area (Å²) >= 11 is 0. The number of carbonyl (C=O) groups excluding carboxylic acids is 1. The number of aromatic nitrogens is 1. The van der Waals surface area contributed by atoms with E-state index in [1.807, 2.05) is 36.4 Å². The first-order valence-electron chi connectivity index (χ1n) is 5.94. The van der Waals surface area contributed by atoms with E-state index in [0.717, 1.165) is 17.0 Å². The lowest BCUT2D eigenvalue weighted by Gasteiger charge is -2.13. The van der Waals surface area contributed by atoms with E-state index in [2.05, 4.69) is 15.6 Å². The molecule has 2 aromatic rings. The third kappa shape index (κ3) is 2.10. The number of carbonyl (C=O) groups is 1. The Bertz CT molecular complexity index is 610. The summed E-state index contributed by atoms with van der Waals surface area (Å²) in [7, 11) is 1.62. The summed E-state index contributed by atoms with van der Waals surface area (Å²) in [6.45, 7) is 0. The highest BCUT2D eigenvalue weighted by Gasteiger charge is 2.30. The highest BCUT2D eigenvalue weighted by molar-refractivity contribution is 6.03. The Kier molecular flexibility index (Phi) is 2.79. The summed E-state index contributed by atoms with van der Waals surface area (Å²) in [6.07, 6.45) is 1.66. The summed E-state index contributed by atoms with van der Waals surface area (Å²) in [6, 6.07) is 10.8. The van der Waals surface area contributed by atoms with Crippen LogP contribution in [-0.4, -0.2) is 18.0 Å². The zero-order valence-corrected chi connectivity index (χ0v) is 10.4. The van der Waals surface area contributed by atoms with Gasteiger partial charge in [-0.2, -0.15) is 0 Å². The van der Waals surface area contributed by atoms with Crippen LogP contribution in [0.2, 0.25) is 0 Å². The van der Waals surface area contributed by atoms with E-state index in [9.17, 15) is 4.79 Å². The van der Waals surface area contributed by atoms with Crippen LogP contribution in [0, 0.1) is 0 Å². The number of fused-ring (bicyclic) bond motifs is 1. The van der Waals surface area contributed by atoms with Crippen molar-refractivity contribution in [2.75, 3.05) is 17.7 Å². The predicted octanol–water partition coefficient (Wildman–Crippen LogP) is 2.20. The molecule has 19 heavy (non-hydrogen) atoms. The number of rotatable bonds is 3. The molecule has 1 aliphatic rings. The first-order valence-corrected chi connectivity index (χ1v) is 5.94. The molecule has 0 radical (unpaired) electrons. The fraction of sp³-hybridized carbons (Fsp3) is 0.143. The molecule has 2 N–H and O–H groups in total. The van der Waals surface area contributed by atoms with Gasteiger partial charge in [-0.05, 0) is 30.3 Å². The first kappa shape index (κ1) is 11.5. The number of amides is 1. The minimum atomic E-state index is -0.405. The zero-order valence-electron chi connectivity index (χ0n) is 10.4. The lowest BCUT2D eigenvalue weighted by molar-refractivity contribution is -0.116. The molecule has 2 heterocycles. The quantitative estimate of drug-likeness (QED) is 0.882. The minimum absolute atomic E-state index is 0.0930. The number of nitrogens with zero attached hydrogens (tertiary/aromatic N) is 1. The molecular weight excluding hydrogens is 242 g/mol. The molecule has 1 amide bonds. The second-order valence-corrected chi connectivity index (χ2v) is 4.24. The van der Waals surface area contributed by atoms with E-state index in [1.165, 1.54) is 0 Å². The van der Waals surface area contributed by atoms with Crippen LogP contribution in [0.3, 0.4) is 0 Å². The fourth-order valence-electron chi connectivity index (χ4n) is 2.08. The van der Waals surface area contributed by atoms with Gasteiger partial charge in [0.25, 0.3) is 5.91 Å². The van der Waals surface area contributed by atoms with Crippen LogP contribution in [0.1, 0.15) is 11.6 Å². The molecule has 1 aliphatic heterocycles. The largest absolute Gasteiger partial charge is 0.497 e. The van der Waals surface area contributed by atoms with Crippen molar-refractivity contribution in [2.24, 2.45) is 0 Å². The maximum Gasteiger partial charge on any atom is 0.252 e. The van der Waals surface area contributed by atoms with E-state index in [0.29, 0.717) is 5.82 Å². The summed E-state index contributed by atoms with van der Waals surface area (Å²) in [5.41, 5.74) is 1.72. The summed E-state index contributed by atoms with van der Waals surface area (Å²) in [5, 5.41) is 5.94. The zero-order chi connectivity index (χ0) is 13.2. The van der Waals surface area contributed by atoms with Crippen LogP contribution < -0.4 is 15.4 Å². The highest BCUT2D eigenvalue weighted by Crippen LogP contribution is 2.31. The van der Waals surface area contributed by atoms with Crippen molar-refractivity contribution < 1.29 is 9.53 Å². The summed E-state index contributed by atoms with van der Waals surface area (Å²) < 4.78 is 5.10. The van der Waals surface area contributed by atoms with Crippen molar-refractivity contribution in [2.45, 2.75) is 6.04 Å². The van der Waals surface area contributed by atoms with Crippen molar-refractivity contribution in [1.82, 2.24) is 4.98 Å². The second kappa shape index (κ2) is 4.61. The molecule has 0 unspecified atom stereocenters. The monoisotopic (exact) mass is 255 g/mol. The van der Waals surface area contributed by atoms with Crippen molar-refractivity contribution >= 4 is 17.4 Å². The number of nitrogens with one attached hydrogen (secondary N) is 2. The van der Waals surface area contributed by atoms with Crippen LogP contribution >= 0.6 is 0 Å². The fourth-order valence-corrected chi connectivity index (χ4v) is 2.08. The Labute approximate surface area is 110 Å². The number of benzene rings is 1. The molecule has 1 atom stereocenters. The molecule has 1 aromatic carbocycles. The van der Waals surface area contributed by atoms with Gasteiger partial charge >= 0.3 is 0 Å². The third-order valence-corrected chi connectivity index (χ3v) is 3.05. The number of ether oxygens (including phenoxy) is 1. The van der Waals surface area contributed by atoms with Crippen LogP contribution in [0.15, 0.2) is 42.6 Å². The lowest BCUT2D eigenvalue weighted by atomic mass is 10.1. The van der Waals surface area contributed by atoms with Gasteiger partial charge in [0.1, 0.15) is 17.6 Å². The van der Waals surface area contributed by atoms with Crippen molar-refractivity contribution in [3.8, 4) is 5.75 Å². The molecule has 0 aliphatic carbocycles. The van der Waals surface area contributed by atoms with Gasteiger partial charge in [0.15, 0.2) is 0 Å². The number of hydrogen-bond donors (Lipinski definition) is 2. The Morgan fingerprint density at radius 2 is 2.05 bits per heavy atom. The molecule has 0 saturated heterocycles. The summed E-state index contributed by atoms with van der Waals surface area (Å²) in [5.74, 6) is 1.31. The van der Waals surface area contributed by atoms with Crippen LogP contribution in [0.5, 0.6) is 5.75 Å². The molecule has 3 rings (SSSR count). The van der Waals surface area contributed by atoms with Gasteiger partial charge in [0, 0.05) is 17.4 Å². The van der Waals surface area contributed by atoms with Crippen molar-refractivity contribution in [3.63, 3.8) is 0 Å². The Morgan fingerprint density at radius 1 is 1.26 bits per heavy atom. The lowest BCUT2D eigenvalue weighted by Crippen LogP contribution is -2.19. The molecule has 5 nitrogen and oxygen atoms in total. The predicted molar refractivity (Wildman–Crippen MR) is 72.2 cm³/mol. The molecule has 0 saturated carbocycles. The molecule has 1 aromatic heterocycles. The van der Waals surface area contributed by atoms with Crippen molar-refractivity contribution in [3.05, 3.63) is 48.2 Å². The molecule has 0 spiro atoms. The maximum absolute atomic E-state index is 11.9. The number of methoxy groups -OCH3 is 1. The molecular formula is C14H13N3O2. The SMILES string of the molecule is COc1ccc(N[C@H]2C(=O)Nc3ncccc32)cc1. The number of pyridine rings is 1. The smallest absolute Gasteiger partial charge is 0.252 e. The van der Waals surface area contributed by atoms with E-state index < -0.39 is 6.04 Å². The minimum Gasteiger partial charge on any atom is -0.497 e. The van der Waals surface area contributed by atoms with Gasteiger partial charge in [0.2, 0.25) is 0 Å². The van der Waals surface area contributed by atoms with Gasteiger partial charge in [-0.15, -0.1) is 0 Å². The average molecular weight is 255 g/mol. The van der Waals surface area contributed by atoms with E-state index in [1.54, 1.807) is 13.3 Å². The van der Waals surface area contributed by atoms with Crippen LogP contribution in [0.25, 0.3) is 0 Å².